The molecule has 1 aliphatic heterocycles. The zero-order valence-corrected chi connectivity index (χ0v) is 10.7. The third kappa shape index (κ3) is 2.83. The van der Waals surface area contributed by atoms with Crippen molar-refractivity contribution in [3.63, 3.8) is 0 Å². The number of anilines is 1. The fourth-order valence-corrected chi connectivity index (χ4v) is 2.41. The van der Waals surface area contributed by atoms with Crippen molar-refractivity contribution in [2.24, 2.45) is 5.92 Å². The van der Waals surface area contributed by atoms with Crippen LogP contribution in [0.2, 0.25) is 0 Å². The molecule has 1 aliphatic rings. The number of rotatable bonds is 4. The van der Waals surface area contributed by atoms with Crippen LogP contribution < -0.4 is 4.90 Å². The fourth-order valence-electron chi connectivity index (χ4n) is 2.41. The summed E-state index contributed by atoms with van der Waals surface area (Å²) in [6.45, 7) is 2.46. The summed E-state index contributed by atoms with van der Waals surface area (Å²) in [6, 6.07) is 6.58. The van der Waals surface area contributed by atoms with Gasteiger partial charge in [-0.15, -0.1) is 0 Å². The second-order valence-corrected chi connectivity index (χ2v) is 4.63. The summed E-state index contributed by atoms with van der Waals surface area (Å²) >= 11 is 0. The third-order valence-corrected chi connectivity index (χ3v) is 3.35. The topological polar surface area (TPSA) is 79.4 Å². The van der Waals surface area contributed by atoms with Gasteiger partial charge >= 0.3 is 0 Å². The predicted molar refractivity (Wildman–Crippen MR) is 70.0 cm³/mol. The maximum absolute atomic E-state index is 10.8. The first-order valence-electron chi connectivity index (χ1n) is 6.08. The van der Waals surface area contributed by atoms with Crippen LogP contribution >= 0.6 is 0 Å². The van der Waals surface area contributed by atoms with Crippen molar-refractivity contribution >= 4 is 11.4 Å². The Bertz CT molecular complexity index is 524. The first-order chi connectivity index (χ1) is 9.15. The van der Waals surface area contributed by atoms with E-state index in [0.29, 0.717) is 12.5 Å². The summed E-state index contributed by atoms with van der Waals surface area (Å²) in [4.78, 5) is 12.4. The molecule has 100 valence electrons. The molecule has 2 rings (SSSR count). The van der Waals surface area contributed by atoms with Gasteiger partial charge in [-0.25, -0.2) is 0 Å². The molecule has 1 unspecified atom stereocenters. The summed E-state index contributed by atoms with van der Waals surface area (Å²) in [5.74, 6) is 0.478. The minimum atomic E-state index is -0.528. The summed E-state index contributed by atoms with van der Waals surface area (Å²) in [7, 11) is 1.68. The van der Waals surface area contributed by atoms with Crippen LogP contribution in [0.1, 0.15) is 12.0 Å². The van der Waals surface area contributed by atoms with Gasteiger partial charge in [0.25, 0.3) is 5.69 Å². The van der Waals surface area contributed by atoms with E-state index in [1.807, 2.05) is 6.07 Å². The molecular weight excluding hydrogens is 246 g/mol. The average Bonchev–Trinajstić information content (AvgIpc) is 2.87. The Morgan fingerprint density at radius 1 is 1.63 bits per heavy atom. The Kier molecular flexibility index (Phi) is 3.97. The summed E-state index contributed by atoms with van der Waals surface area (Å²) in [5, 5.41) is 19.8. The molecule has 1 saturated heterocycles. The van der Waals surface area contributed by atoms with Crippen LogP contribution in [0.3, 0.4) is 0 Å². The zero-order valence-electron chi connectivity index (χ0n) is 10.7. The molecule has 1 aromatic carbocycles. The number of benzene rings is 1. The zero-order chi connectivity index (χ0) is 13.8. The number of nitro groups is 1. The van der Waals surface area contributed by atoms with Gasteiger partial charge in [0.2, 0.25) is 0 Å². The largest absolute Gasteiger partial charge is 0.384 e. The molecule has 0 bridgehead atoms. The molecule has 19 heavy (non-hydrogen) atoms. The van der Waals surface area contributed by atoms with Crippen LogP contribution in [0, 0.1) is 27.4 Å². The highest BCUT2D eigenvalue weighted by molar-refractivity contribution is 5.60. The molecule has 0 spiro atoms. The van der Waals surface area contributed by atoms with Gasteiger partial charge in [-0.1, -0.05) is 0 Å². The van der Waals surface area contributed by atoms with Crippen molar-refractivity contribution in [3.8, 4) is 6.07 Å². The van der Waals surface area contributed by atoms with E-state index in [9.17, 15) is 10.1 Å². The van der Waals surface area contributed by atoms with Gasteiger partial charge in [-0.3, -0.25) is 10.1 Å². The SMILES string of the molecule is COCC1CCN(c2ccc([N+](=O)[O-])c(C#N)c2)C1. The molecule has 1 atom stereocenters. The van der Waals surface area contributed by atoms with Crippen LogP contribution in [0.4, 0.5) is 11.4 Å². The summed E-state index contributed by atoms with van der Waals surface area (Å²) in [5.41, 5.74) is 0.831. The quantitative estimate of drug-likeness (QED) is 0.611. The van der Waals surface area contributed by atoms with E-state index in [1.165, 1.54) is 6.07 Å². The van der Waals surface area contributed by atoms with Gasteiger partial charge in [0.1, 0.15) is 11.6 Å². The lowest BCUT2D eigenvalue weighted by Crippen LogP contribution is -2.21. The molecule has 1 fully saturated rings. The molecule has 6 nitrogen and oxygen atoms in total. The maximum atomic E-state index is 10.8. The first kappa shape index (κ1) is 13.3. The Morgan fingerprint density at radius 2 is 2.42 bits per heavy atom. The number of nitro benzene ring substituents is 1. The van der Waals surface area contributed by atoms with Crippen molar-refractivity contribution in [1.82, 2.24) is 0 Å². The second kappa shape index (κ2) is 5.67. The van der Waals surface area contributed by atoms with Crippen LogP contribution in [0.15, 0.2) is 18.2 Å². The van der Waals surface area contributed by atoms with E-state index in [2.05, 4.69) is 4.90 Å². The van der Waals surface area contributed by atoms with Gasteiger partial charge < -0.3 is 9.64 Å². The van der Waals surface area contributed by atoms with Gasteiger partial charge in [-0.2, -0.15) is 5.26 Å². The lowest BCUT2D eigenvalue weighted by atomic mass is 10.1. The molecule has 1 heterocycles. The van der Waals surface area contributed by atoms with Gasteiger partial charge in [0, 0.05) is 37.9 Å². The minimum Gasteiger partial charge on any atom is -0.384 e. The van der Waals surface area contributed by atoms with Gasteiger partial charge in [0.15, 0.2) is 0 Å². The van der Waals surface area contributed by atoms with E-state index >= 15 is 0 Å². The molecule has 6 heteroatoms. The van der Waals surface area contributed by atoms with Crippen molar-refractivity contribution in [3.05, 3.63) is 33.9 Å². The maximum Gasteiger partial charge on any atom is 0.287 e. The highest BCUT2D eigenvalue weighted by atomic mass is 16.6. The van der Waals surface area contributed by atoms with Crippen LogP contribution in [0.5, 0.6) is 0 Å². The minimum absolute atomic E-state index is 0.109. The molecular formula is C13H15N3O3. The Balaban J connectivity index is 2.19. The smallest absolute Gasteiger partial charge is 0.287 e. The fraction of sp³-hybridized carbons (Fsp3) is 0.462. The number of hydrogen-bond donors (Lipinski definition) is 0. The molecule has 0 aromatic heterocycles. The Labute approximate surface area is 111 Å². The van der Waals surface area contributed by atoms with Crippen molar-refractivity contribution in [1.29, 1.82) is 5.26 Å². The van der Waals surface area contributed by atoms with Gasteiger partial charge in [0.05, 0.1) is 11.5 Å². The second-order valence-electron chi connectivity index (χ2n) is 4.63. The monoisotopic (exact) mass is 261 g/mol. The molecule has 0 amide bonds. The van der Waals surface area contributed by atoms with E-state index in [0.717, 1.165) is 25.2 Å². The van der Waals surface area contributed by atoms with Crippen LogP contribution in [0.25, 0.3) is 0 Å². The van der Waals surface area contributed by atoms with E-state index in [1.54, 1.807) is 19.2 Å². The summed E-state index contributed by atoms with van der Waals surface area (Å²) in [6.07, 6.45) is 1.03. The van der Waals surface area contributed by atoms with Crippen LogP contribution in [-0.4, -0.2) is 31.7 Å². The number of nitrogens with zero attached hydrogens (tertiary/aromatic N) is 3. The Morgan fingerprint density at radius 3 is 3.05 bits per heavy atom. The normalized spacial score (nSPS) is 18.3. The highest BCUT2D eigenvalue weighted by Crippen LogP contribution is 2.28. The van der Waals surface area contributed by atoms with Crippen LogP contribution in [-0.2, 0) is 4.74 Å². The van der Waals surface area contributed by atoms with Gasteiger partial charge in [-0.05, 0) is 18.6 Å². The summed E-state index contributed by atoms with van der Waals surface area (Å²) < 4.78 is 5.14. The predicted octanol–water partition coefficient (Wildman–Crippen LogP) is 1.94. The standard InChI is InChI=1S/C13H15N3O3/c1-19-9-10-4-5-15(8-10)12-2-3-13(16(17)18)11(6-12)7-14/h2-3,6,10H,4-5,8-9H2,1H3. The number of nitriles is 1. The molecule has 0 N–H and O–H groups in total. The Hall–Kier alpha value is -2.13. The highest BCUT2D eigenvalue weighted by Gasteiger charge is 2.24. The van der Waals surface area contributed by atoms with E-state index < -0.39 is 4.92 Å². The third-order valence-electron chi connectivity index (χ3n) is 3.35. The van der Waals surface area contributed by atoms with E-state index in [4.69, 9.17) is 10.00 Å². The van der Waals surface area contributed by atoms with Crippen molar-refractivity contribution in [2.45, 2.75) is 6.42 Å². The lowest BCUT2D eigenvalue weighted by molar-refractivity contribution is -0.385. The van der Waals surface area contributed by atoms with Crippen molar-refractivity contribution in [2.75, 3.05) is 31.7 Å². The van der Waals surface area contributed by atoms with E-state index in [-0.39, 0.29) is 11.3 Å². The first-order valence-corrected chi connectivity index (χ1v) is 6.08. The number of hydrogen-bond acceptors (Lipinski definition) is 5. The molecule has 0 saturated carbocycles. The number of methoxy groups -OCH3 is 1. The lowest BCUT2D eigenvalue weighted by Gasteiger charge is -2.18. The number of ether oxygens (including phenoxy) is 1. The molecule has 0 radical (unpaired) electrons. The van der Waals surface area contributed by atoms with Crippen molar-refractivity contribution < 1.29 is 9.66 Å². The average molecular weight is 261 g/mol. The molecule has 1 aromatic rings. The molecule has 0 aliphatic carbocycles.